The normalized spacial score (nSPS) is 12.9. The molecular formula is C14H18ClNOS. The van der Waals surface area contributed by atoms with Gasteiger partial charge in [0.05, 0.1) is 10.4 Å². The molecule has 2 aromatic rings. The van der Waals surface area contributed by atoms with Gasteiger partial charge in [0.15, 0.2) is 0 Å². The summed E-state index contributed by atoms with van der Waals surface area (Å²) >= 11 is 7.66. The average molecular weight is 284 g/mol. The topological polar surface area (TPSA) is 25.2 Å². The van der Waals surface area contributed by atoms with Gasteiger partial charge in [0.25, 0.3) is 0 Å². The Balaban J connectivity index is 2.33. The van der Waals surface area contributed by atoms with E-state index >= 15 is 0 Å². The van der Waals surface area contributed by atoms with Crippen LogP contribution in [0.2, 0.25) is 4.34 Å². The maximum Gasteiger partial charge on any atom is 0.106 e. The summed E-state index contributed by atoms with van der Waals surface area (Å²) in [5, 5.41) is 3.56. The fourth-order valence-electron chi connectivity index (χ4n) is 2.07. The van der Waals surface area contributed by atoms with Crippen molar-refractivity contribution in [2.24, 2.45) is 0 Å². The molecule has 0 amide bonds. The highest BCUT2D eigenvalue weighted by molar-refractivity contribution is 7.16. The number of rotatable bonds is 5. The van der Waals surface area contributed by atoms with E-state index in [0.29, 0.717) is 0 Å². The molecule has 0 spiro atoms. The van der Waals surface area contributed by atoms with E-state index in [0.717, 1.165) is 28.8 Å². The van der Waals surface area contributed by atoms with E-state index in [1.54, 1.807) is 11.3 Å². The number of aryl methyl sites for hydroxylation is 2. The summed E-state index contributed by atoms with van der Waals surface area (Å²) in [6.07, 6.45) is 1.10. The first-order valence-electron chi connectivity index (χ1n) is 6.17. The van der Waals surface area contributed by atoms with E-state index in [-0.39, 0.29) is 6.04 Å². The Labute approximate surface area is 117 Å². The molecule has 2 rings (SSSR count). The molecule has 2 nitrogen and oxygen atoms in total. The Bertz CT molecular complexity index is 518. The van der Waals surface area contributed by atoms with Crippen LogP contribution in [0.1, 0.15) is 41.3 Å². The van der Waals surface area contributed by atoms with Crippen molar-refractivity contribution in [3.8, 4) is 0 Å². The van der Waals surface area contributed by atoms with Gasteiger partial charge in [0.2, 0.25) is 0 Å². The lowest BCUT2D eigenvalue weighted by atomic mass is 10.1. The summed E-state index contributed by atoms with van der Waals surface area (Å²) < 4.78 is 6.46. The number of furan rings is 1. The van der Waals surface area contributed by atoms with Gasteiger partial charge in [-0.05, 0) is 45.0 Å². The first kappa shape index (κ1) is 13.7. The van der Waals surface area contributed by atoms with Crippen molar-refractivity contribution in [2.75, 3.05) is 6.54 Å². The zero-order valence-corrected chi connectivity index (χ0v) is 12.5. The number of nitrogens with one attached hydrogen (secondary N) is 1. The minimum atomic E-state index is 0.180. The van der Waals surface area contributed by atoms with Crippen LogP contribution in [0.4, 0.5) is 0 Å². The predicted molar refractivity (Wildman–Crippen MR) is 77.6 cm³/mol. The largest absolute Gasteiger partial charge is 0.466 e. The Hall–Kier alpha value is -0.770. The minimum absolute atomic E-state index is 0.180. The second-order valence-electron chi connectivity index (χ2n) is 4.40. The van der Waals surface area contributed by atoms with Crippen LogP contribution in [0.25, 0.3) is 0 Å². The monoisotopic (exact) mass is 283 g/mol. The summed E-state index contributed by atoms with van der Waals surface area (Å²) in [5.41, 5.74) is 1.21. The number of hydrogen-bond donors (Lipinski definition) is 1. The highest BCUT2D eigenvalue weighted by Crippen LogP contribution is 2.33. The minimum Gasteiger partial charge on any atom is -0.466 e. The highest BCUT2D eigenvalue weighted by Gasteiger charge is 2.20. The fourth-order valence-corrected chi connectivity index (χ4v) is 3.23. The van der Waals surface area contributed by atoms with Gasteiger partial charge in [-0.1, -0.05) is 18.5 Å². The zero-order valence-electron chi connectivity index (χ0n) is 10.9. The van der Waals surface area contributed by atoms with Crippen molar-refractivity contribution >= 4 is 22.9 Å². The van der Waals surface area contributed by atoms with E-state index in [1.807, 2.05) is 19.9 Å². The molecule has 0 fully saturated rings. The molecule has 4 heteroatoms. The molecule has 1 unspecified atom stereocenters. The fraction of sp³-hybridized carbons (Fsp3) is 0.429. The Morgan fingerprint density at radius 3 is 2.67 bits per heavy atom. The summed E-state index contributed by atoms with van der Waals surface area (Å²) in [6, 6.07) is 6.32. The van der Waals surface area contributed by atoms with Crippen LogP contribution in [-0.4, -0.2) is 6.54 Å². The molecule has 0 bridgehead atoms. The third-order valence-electron chi connectivity index (χ3n) is 2.87. The molecule has 0 aliphatic rings. The summed E-state index contributed by atoms with van der Waals surface area (Å²) in [6.45, 7) is 7.13. The van der Waals surface area contributed by atoms with Crippen molar-refractivity contribution in [3.63, 3.8) is 0 Å². The Morgan fingerprint density at radius 1 is 1.39 bits per heavy atom. The van der Waals surface area contributed by atoms with Crippen LogP contribution in [0, 0.1) is 13.8 Å². The van der Waals surface area contributed by atoms with Gasteiger partial charge < -0.3 is 9.73 Å². The second-order valence-corrected chi connectivity index (χ2v) is 6.14. The first-order chi connectivity index (χ1) is 8.61. The van der Waals surface area contributed by atoms with Crippen molar-refractivity contribution in [1.29, 1.82) is 0 Å². The zero-order chi connectivity index (χ0) is 13.1. The van der Waals surface area contributed by atoms with Crippen molar-refractivity contribution in [2.45, 2.75) is 33.2 Å². The lowest BCUT2D eigenvalue weighted by Gasteiger charge is -2.16. The van der Waals surface area contributed by atoms with Crippen LogP contribution in [0.5, 0.6) is 0 Å². The number of hydrogen-bond acceptors (Lipinski definition) is 3. The third-order valence-corrected chi connectivity index (χ3v) is 4.16. The van der Waals surface area contributed by atoms with Crippen LogP contribution < -0.4 is 5.32 Å². The predicted octanol–water partition coefficient (Wildman–Crippen LogP) is 4.70. The van der Waals surface area contributed by atoms with E-state index in [9.17, 15) is 0 Å². The van der Waals surface area contributed by atoms with E-state index < -0.39 is 0 Å². The Morgan fingerprint density at radius 2 is 2.17 bits per heavy atom. The number of halogens is 1. The molecule has 2 aromatic heterocycles. The average Bonchev–Trinajstić information content (AvgIpc) is 2.87. The molecule has 1 N–H and O–H groups in total. The van der Waals surface area contributed by atoms with Gasteiger partial charge in [0, 0.05) is 10.4 Å². The highest BCUT2D eigenvalue weighted by atomic mass is 35.5. The maximum atomic E-state index is 6.04. The lowest BCUT2D eigenvalue weighted by molar-refractivity contribution is 0.494. The molecule has 18 heavy (non-hydrogen) atoms. The van der Waals surface area contributed by atoms with Gasteiger partial charge in [-0.3, -0.25) is 0 Å². The smallest absolute Gasteiger partial charge is 0.106 e. The quantitative estimate of drug-likeness (QED) is 0.860. The molecule has 0 saturated heterocycles. The SMILES string of the molecule is CCCNC(c1ccc(Cl)s1)c1cc(C)oc1C. The number of thiophene rings is 1. The molecule has 0 aromatic carbocycles. The molecule has 0 aliphatic heterocycles. The first-order valence-corrected chi connectivity index (χ1v) is 7.36. The van der Waals surface area contributed by atoms with Crippen molar-refractivity contribution in [1.82, 2.24) is 5.32 Å². The summed E-state index contributed by atoms with van der Waals surface area (Å²) in [7, 11) is 0. The van der Waals surface area contributed by atoms with Crippen LogP contribution >= 0.6 is 22.9 Å². The van der Waals surface area contributed by atoms with Gasteiger partial charge in [-0.25, -0.2) is 0 Å². The van der Waals surface area contributed by atoms with E-state index in [1.165, 1.54) is 10.4 Å². The molecular weight excluding hydrogens is 266 g/mol. The third kappa shape index (κ3) is 2.97. The summed E-state index contributed by atoms with van der Waals surface area (Å²) in [5.74, 6) is 1.93. The van der Waals surface area contributed by atoms with Gasteiger partial charge >= 0.3 is 0 Å². The van der Waals surface area contributed by atoms with Gasteiger partial charge in [0.1, 0.15) is 11.5 Å². The van der Waals surface area contributed by atoms with Crippen LogP contribution in [-0.2, 0) is 0 Å². The van der Waals surface area contributed by atoms with Gasteiger partial charge in [-0.2, -0.15) is 0 Å². The van der Waals surface area contributed by atoms with Crippen LogP contribution in [0.15, 0.2) is 22.6 Å². The van der Waals surface area contributed by atoms with E-state index in [4.69, 9.17) is 16.0 Å². The molecule has 0 radical (unpaired) electrons. The Kier molecular flexibility index (Phi) is 4.49. The lowest BCUT2D eigenvalue weighted by Crippen LogP contribution is -2.22. The van der Waals surface area contributed by atoms with Gasteiger partial charge in [-0.15, -0.1) is 11.3 Å². The standard InChI is InChI=1S/C14H18ClNOS/c1-4-7-16-14(12-5-6-13(15)18-12)11-8-9(2)17-10(11)3/h5-6,8,14,16H,4,7H2,1-3H3. The molecule has 98 valence electrons. The molecule has 2 heterocycles. The maximum absolute atomic E-state index is 6.04. The van der Waals surface area contributed by atoms with E-state index in [2.05, 4.69) is 24.4 Å². The molecule has 1 atom stereocenters. The second kappa shape index (κ2) is 5.91. The van der Waals surface area contributed by atoms with Crippen molar-refractivity contribution in [3.05, 3.63) is 44.5 Å². The molecule has 0 saturated carbocycles. The van der Waals surface area contributed by atoms with Crippen LogP contribution in [0.3, 0.4) is 0 Å². The molecule has 0 aliphatic carbocycles. The van der Waals surface area contributed by atoms with Crippen molar-refractivity contribution < 1.29 is 4.42 Å². The summed E-state index contributed by atoms with van der Waals surface area (Å²) in [4.78, 5) is 1.23.